The van der Waals surface area contributed by atoms with E-state index in [0.29, 0.717) is 0 Å². The number of hydrogen-bond acceptors (Lipinski definition) is 3. The molecule has 0 atom stereocenters. The van der Waals surface area contributed by atoms with Gasteiger partial charge in [0.15, 0.2) is 0 Å². The van der Waals surface area contributed by atoms with Crippen LogP contribution in [0.3, 0.4) is 0 Å². The number of halogens is 1. The van der Waals surface area contributed by atoms with Crippen LogP contribution in [0.4, 0.5) is 5.69 Å². The van der Waals surface area contributed by atoms with Crippen LogP contribution < -0.4 is 5.73 Å². The first-order valence-corrected chi connectivity index (χ1v) is 7.21. The van der Waals surface area contributed by atoms with E-state index < -0.39 is 0 Å². The summed E-state index contributed by atoms with van der Waals surface area (Å²) in [5.41, 5.74) is 8.87. The van der Waals surface area contributed by atoms with E-state index >= 15 is 0 Å². The van der Waals surface area contributed by atoms with Gasteiger partial charge >= 0.3 is 0 Å². The van der Waals surface area contributed by atoms with Gasteiger partial charge in [-0.25, -0.2) is 4.98 Å². The van der Waals surface area contributed by atoms with Crippen LogP contribution in [0.1, 0.15) is 10.6 Å². The van der Waals surface area contributed by atoms with Crippen molar-refractivity contribution in [3.8, 4) is 0 Å². The Bertz CT molecular complexity index is 689. The van der Waals surface area contributed by atoms with Crippen molar-refractivity contribution in [1.82, 2.24) is 4.98 Å². The van der Waals surface area contributed by atoms with Gasteiger partial charge in [0.25, 0.3) is 0 Å². The number of fused-ring (bicyclic) bond motifs is 1. The summed E-state index contributed by atoms with van der Waals surface area (Å²) in [6.45, 7) is 0. The Hall–Kier alpha value is -1.39. The van der Waals surface area contributed by atoms with Crippen LogP contribution in [0.5, 0.6) is 0 Å². The molecule has 0 aliphatic heterocycles. The molecular weight excluding hydrogens is 308 g/mol. The van der Waals surface area contributed by atoms with Crippen molar-refractivity contribution in [3.05, 3.63) is 57.5 Å². The molecule has 0 aliphatic rings. The van der Waals surface area contributed by atoms with E-state index in [0.717, 1.165) is 31.8 Å². The van der Waals surface area contributed by atoms with E-state index in [9.17, 15) is 0 Å². The maximum absolute atomic E-state index is 5.78. The molecule has 0 spiro atoms. The zero-order chi connectivity index (χ0) is 12.5. The smallest absolute Gasteiger partial charge is 0.0982 e. The van der Waals surface area contributed by atoms with Crippen LogP contribution in [0.25, 0.3) is 10.2 Å². The van der Waals surface area contributed by atoms with Crippen LogP contribution >= 0.6 is 27.3 Å². The van der Waals surface area contributed by atoms with Crippen molar-refractivity contribution in [2.75, 3.05) is 5.73 Å². The molecule has 1 heterocycles. The Balaban J connectivity index is 1.92. The highest BCUT2D eigenvalue weighted by molar-refractivity contribution is 9.10. The van der Waals surface area contributed by atoms with E-state index in [1.807, 2.05) is 18.2 Å². The number of rotatable bonds is 2. The summed E-state index contributed by atoms with van der Waals surface area (Å²) in [6.07, 6.45) is 0.868. The van der Waals surface area contributed by atoms with Gasteiger partial charge in [0.05, 0.1) is 15.2 Å². The fourth-order valence-corrected chi connectivity index (χ4v) is 3.16. The first-order valence-electron chi connectivity index (χ1n) is 5.60. The standard InChI is InChI=1S/C14H11BrN2S/c15-10-3-1-9(2-4-10)7-14-17-12-6-5-11(16)8-13(12)18-14/h1-6,8H,7,16H2. The summed E-state index contributed by atoms with van der Waals surface area (Å²) >= 11 is 5.15. The van der Waals surface area contributed by atoms with E-state index in [2.05, 4.69) is 45.2 Å². The maximum atomic E-state index is 5.78. The lowest BCUT2D eigenvalue weighted by Crippen LogP contribution is -1.86. The third kappa shape index (κ3) is 2.40. The number of aromatic nitrogens is 1. The molecule has 0 amide bonds. The summed E-state index contributed by atoms with van der Waals surface area (Å²) in [7, 11) is 0. The largest absolute Gasteiger partial charge is 0.399 e. The molecule has 2 N–H and O–H groups in total. The number of nitrogens with two attached hydrogens (primary N) is 1. The van der Waals surface area contributed by atoms with Gasteiger partial charge in [0.2, 0.25) is 0 Å². The summed E-state index contributed by atoms with van der Waals surface area (Å²) in [5.74, 6) is 0. The molecule has 2 aromatic carbocycles. The second-order valence-corrected chi connectivity index (χ2v) is 6.17. The molecule has 0 fully saturated rings. The Labute approximate surface area is 118 Å². The normalized spacial score (nSPS) is 10.9. The lowest BCUT2D eigenvalue weighted by atomic mass is 10.2. The van der Waals surface area contributed by atoms with Crippen molar-refractivity contribution in [3.63, 3.8) is 0 Å². The lowest BCUT2D eigenvalue weighted by Gasteiger charge is -1.97. The maximum Gasteiger partial charge on any atom is 0.0982 e. The second kappa shape index (κ2) is 4.71. The van der Waals surface area contributed by atoms with Crippen LogP contribution in [0.2, 0.25) is 0 Å². The van der Waals surface area contributed by atoms with E-state index in [-0.39, 0.29) is 0 Å². The molecule has 3 aromatic rings. The fourth-order valence-electron chi connectivity index (χ4n) is 1.84. The van der Waals surface area contributed by atoms with Crippen LogP contribution in [-0.2, 0) is 6.42 Å². The highest BCUT2D eigenvalue weighted by Gasteiger charge is 2.05. The SMILES string of the molecule is Nc1ccc2nc(Cc3ccc(Br)cc3)sc2c1. The van der Waals surface area contributed by atoms with Crippen LogP contribution in [0, 0.1) is 0 Å². The summed E-state index contributed by atoms with van der Waals surface area (Å²) in [4.78, 5) is 4.62. The van der Waals surface area contributed by atoms with Gasteiger partial charge in [-0.05, 0) is 35.9 Å². The average molecular weight is 319 g/mol. The van der Waals surface area contributed by atoms with Gasteiger partial charge < -0.3 is 5.73 Å². The Morgan fingerprint density at radius 2 is 1.89 bits per heavy atom. The summed E-state index contributed by atoms with van der Waals surface area (Å²) in [5, 5.41) is 1.12. The van der Waals surface area contributed by atoms with Crippen molar-refractivity contribution in [2.45, 2.75) is 6.42 Å². The predicted octanol–water partition coefficient (Wildman–Crippen LogP) is 4.23. The van der Waals surface area contributed by atoms with E-state index in [4.69, 9.17) is 5.73 Å². The number of anilines is 1. The zero-order valence-electron chi connectivity index (χ0n) is 9.56. The summed E-state index contributed by atoms with van der Waals surface area (Å²) < 4.78 is 2.26. The van der Waals surface area contributed by atoms with Crippen LogP contribution in [-0.4, -0.2) is 4.98 Å². The number of benzene rings is 2. The van der Waals surface area contributed by atoms with E-state index in [1.165, 1.54) is 5.56 Å². The quantitative estimate of drug-likeness (QED) is 0.718. The summed E-state index contributed by atoms with van der Waals surface area (Å²) in [6, 6.07) is 14.2. The molecule has 0 bridgehead atoms. The van der Waals surface area contributed by atoms with Gasteiger partial charge in [0.1, 0.15) is 0 Å². The molecule has 2 nitrogen and oxygen atoms in total. The zero-order valence-corrected chi connectivity index (χ0v) is 12.0. The van der Waals surface area contributed by atoms with Crippen molar-refractivity contribution in [1.29, 1.82) is 0 Å². The van der Waals surface area contributed by atoms with Gasteiger partial charge in [-0.3, -0.25) is 0 Å². The molecule has 4 heteroatoms. The average Bonchev–Trinajstić information content (AvgIpc) is 2.73. The molecule has 3 rings (SSSR count). The second-order valence-electron chi connectivity index (χ2n) is 4.14. The molecule has 0 radical (unpaired) electrons. The van der Waals surface area contributed by atoms with Crippen molar-refractivity contribution in [2.24, 2.45) is 0 Å². The molecule has 0 aliphatic carbocycles. The van der Waals surface area contributed by atoms with Gasteiger partial charge in [-0.2, -0.15) is 0 Å². The molecular formula is C14H11BrN2S. The number of nitrogens with zero attached hydrogens (tertiary/aromatic N) is 1. The highest BCUT2D eigenvalue weighted by Crippen LogP contribution is 2.26. The third-order valence-corrected chi connectivity index (χ3v) is 4.27. The molecule has 90 valence electrons. The topological polar surface area (TPSA) is 38.9 Å². The molecule has 0 saturated carbocycles. The number of thiazole rings is 1. The minimum absolute atomic E-state index is 0.793. The van der Waals surface area contributed by atoms with Gasteiger partial charge in [-0.15, -0.1) is 11.3 Å². The van der Waals surface area contributed by atoms with Gasteiger partial charge in [-0.1, -0.05) is 28.1 Å². The lowest BCUT2D eigenvalue weighted by molar-refractivity contribution is 1.15. The number of nitrogen functional groups attached to an aromatic ring is 1. The number of hydrogen-bond donors (Lipinski definition) is 1. The minimum Gasteiger partial charge on any atom is -0.399 e. The molecule has 18 heavy (non-hydrogen) atoms. The first kappa shape index (κ1) is 11.7. The fraction of sp³-hybridized carbons (Fsp3) is 0.0714. The van der Waals surface area contributed by atoms with Crippen molar-refractivity contribution >= 4 is 43.2 Å². The monoisotopic (exact) mass is 318 g/mol. The minimum atomic E-state index is 0.793. The van der Waals surface area contributed by atoms with Crippen LogP contribution in [0.15, 0.2) is 46.9 Å². The molecule has 1 aromatic heterocycles. The highest BCUT2D eigenvalue weighted by atomic mass is 79.9. The first-order chi connectivity index (χ1) is 8.70. The Kier molecular flexibility index (Phi) is 3.06. The Morgan fingerprint density at radius 1 is 1.11 bits per heavy atom. The predicted molar refractivity (Wildman–Crippen MR) is 81.0 cm³/mol. The molecule has 0 saturated heterocycles. The molecule has 0 unspecified atom stereocenters. The van der Waals surface area contributed by atoms with E-state index in [1.54, 1.807) is 11.3 Å². The van der Waals surface area contributed by atoms with Crippen molar-refractivity contribution < 1.29 is 0 Å². The Morgan fingerprint density at radius 3 is 2.67 bits per heavy atom. The van der Waals surface area contributed by atoms with Gasteiger partial charge in [0, 0.05) is 16.6 Å². The third-order valence-electron chi connectivity index (χ3n) is 2.73.